The number of carboxylic acids is 1. The summed E-state index contributed by atoms with van der Waals surface area (Å²) in [6, 6.07) is 0. The minimum absolute atomic E-state index is 0.00593. The largest absolute Gasteiger partial charge is 0.479 e. The number of nitrogens with zero attached hydrogens (tertiary/aromatic N) is 1. The molecule has 3 N–H and O–H groups in total. The van der Waals surface area contributed by atoms with Crippen LogP contribution in [0.2, 0.25) is 0 Å². The van der Waals surface area contributed by atoms with E-state index in [1.807, 2.05) is 0 Å². The van der Waals surface area contributed by atoms with Crippen LogP contribution in [0, 0.1) is 0 Å². The Labute approximate surface area is 81.5 Å². The lowest BCUT2D eigenvalue weighted by Crippen LogP contribution is -2.44. The molecule has 8 heteroatoms. The molecule has 1 saturated heterocycles. The fourth-order valence-corrected chi connectivity index (χ4v) is 2.24. The van der Waals surface area contributed by atoms with Gasteiger partial charge in [-0.05, 0) is 0 Å². The second kappa shape index (κ2) is 3.46. The van der Waals surface area contributed by atoms with E-state index in [-0.39, 0.29) is 13.0 Å². The molecule has 0 aromatic heterocycles. The van der Waals surface area contributed by atoms with Crippen LogP contribution in [0.3, 0.4) is 0 Å². The fraction of sp³-hybridized carbons (Fsp3) is 0.833. The summed E-state index contributed by atoms with van der Waals surface area (Å²) in [4.78, 5) is 10.6. The molecule has 1 aliphatic rings. The fourth-order valence-electron chi connectivity index (χ4n) is 1.27. The molecule has 0 aromatic rings. The Hall–Kier alpha value is -0.700. The normalized spacial score (nSPS) is 29.3. The number of aliphatic hydroxyl groups is 1. The smallest absolute Gasteiger partial charge is 0.337 e. The van der Waals surface area contributed by atoms with Gasteiger partial charge in [-0.2, -0.15) is 12.7 Å². The number of rotatable bonds is 3. The van der Waals surface area contributed by atoms with E-state index >= 15 is 0 Å². The second-order valence-corrected chi connectivity index (χ2v) is 5.00. The number of carbonyl (C=O) groups is 1. The Morgan fingerprint density at radius 2 is 2.14 bits per heavy atom. The van der Waals surface area contributed by atoms with Gasteiger partial charge in [0.25, 0.3) is 10.2 Å². The van der Waals surface area contributed by atoms with Crippen LogP contribution in [0.4, 0.5) is 0 Å². The van der Waals surface area contributed by atoms with Crippen molar-refractivity contribution in [2.75, 3.05) is 20.1 Å². The zero-order valence-electron chi connectivity index (χ0n) is 7.60. The molecule has 0 spiro atoms. The highest BCUT2D eigenvalue weighted by molar-refractivity contribution is 7.87. The van der Waals surface area contributed by atoms with E-state index in [1.165, 1.54) is 7.05 Å². The lowest BCUT2D eigenvalue weighted by Gasteiger charge is -2.18. The number of aliphatic carboxylic acids is 1. The summed E-state index contributed by atoms with van der Waals surface area (Å²) in [6.45, 7) is -0.405. The molecule has 82 valence electrons. The molecule has 1 heterocycles. The van der Waals surface area contributed by atoms with Crippen molar-refractivity contribution in [3.05, 3.63) is 0 Å². The van der Waals surface area contributed by atoms with E-state index in [0.29, 0.717) is 0 Å². The van der Waals surface area contributed by atoms with E-state index in [2.05, 4.69) is 4.72 Å². The van der Waals surface area contributed by atoms with Crippen molar-refractivity contribution >= 4 is 16.2 Å². The van der Waals surface area contributed by atoms with Crippen molar-refractivity contribution in [2.24, 2.45) is 0 Å². The van der Waals surface area contributed by atoms with Crippen LogP contribution in [0.1, 0.15) is 6.42 Å². The molecule has 1 fully saturated rings. The first-order valence-electron chi connectivity index (χ1n) is 3.96. The topological polar surface area (TPSA) is 107 Å². The van der Waals surface area contributed by atoms with Crippen LogP contribution >= 0.6 is 0 Å². The van der Waals surface area contributed by atoms with Gasteiger partial charge in [0, 0.05) is 20.0 Å². The molecule has 14 heavy (non-hydrogen) atoms. The summed E-state index contributed by atoms with van der Waals surface area (Å²) in [5.41, 5.74) is -1.95. The molecule has 0 radical (unpaired) electrons. The van der Waals surface area contributed by atoms with Crippen molar-refractivity contribution in [3.63, 3.8) is 0 Å². The van der Waals surface area contributed by atoms with Crippen molar-refractivity contribution in [3.8, 4) is 0 Å². The molecule has 1 rings (SSSR count). The SMILES string of the molecule is CNS(=O)(=O)N1CCC(O)(C(=O)O)C1. The number of carboxylic acid groups (broad SMARTS) is 1. The Morgan fingerprint density at radius 3 is 2.50 bits per heavy atom. The maximum absolute atomic E-state index is 11.2. The quantitative estimate of drug-likeness (QED) is 0.512. The number of β-amino-alcohol motifs (C(OH)–C–C–N with tert-alkyl or cyclic N) is 1. The average molecular weight is 224 g/mol. The van der Waals surface area contributed by atoms with Gasteiger partial charge in [-0.1, -0.05) is 0 Å². The zero-order chi connectivity index (χ0) is 11.0. The van der Waals surface area contributed by atoms with E-state index < -0.39 is 28.3 Å². The van der Waals surface area contributed by atoms with Crippen LogP contribution < -0.4 is 4.72 Å². The van der Waals surface area contributed by atoms with Crippen LogP contribution in [-0.2, 0) is 15.0 Å². The zero-order valence-corrected chi connectivity index (χ0v) is 8.41. The van der Waals surface area contributed by atoms with Gasteiger partial charge in [0.05, 0.1) is 6.54 Å². The minimum atomic E-state index is -3.64. The van der Waals surface area contributed by atoms with Gasteiger partial charge in [-0.25, -0.2) is 9.52 Å². The summed E-state index contributed by atoms with van der Waals surface area (Å²) in [5.74, 6) is -1.40. The van der Waals surface area contributed by atoms with Crippen LogP contribution in [0.15, 0.2) is 0 Å². The van der Waals surface area contributed by atoms with E-state index in [0.717, 1.165) is 4.31 Å². The highest BCUT2D eigenvalue weighted by Gasteiger charge is 2.46. The number of nitrogens with one attached hydrogen (secondary N) is 1. The van der Waals surface area contributed by atoms with Crippen molar-refractivity contribution in [2.45, 2.75) is 12.0 Å². The van der Waals surface area contributed by atoms with Crippen LogP contribution in [0.25, 0.3) is 0 Å². The van der Waals surface area contributed by atoms with Gasteiger partial charge in [0.1, 0.15) is 0 Å². The van der Waals surface area contributed by atoms with Crippen LogP contribution in [0.5, 0.6) is 0 Å². The van der Waals surface area contributed by atoms with E-state index in [4.69, 9.17) is 5.11 Å². The second-order valence-electron chi connectivity index (χ2n) is 3.13. The lowest BCUT2D eigenvalue weighted by molar-refractivity contribution is -0.156. The summed E-state index contributed by atoms with van der Waals surface area (Å²) in [5, 5.41) is 18.1. The molecular formula is C6H12N2O5S. The standard InChI is InChI=1S/C6H12N2O5S/c1-7-14(12,13)8-3-2-6(11,4-8)5(9)10/h7,11H,2-4H2,1H3,(H,9,10). The average Bonchev–Trinajstić information content (AvgIpc) is 2.50. The maximum atomic E-state index is 11.2. The van der Waals surface area contributed by atoms with E-state index in [1.54, 1.807) is 0 Å². The molecule has 7 nitrogen and oxygen atoms in total. The first-order chi connectivity index (χ1) is 6.32. The predicted molar refractivity (Wildman–Crippen MR) is 46.8 cm³/mol. The first-order valence-corrected chi connectivity index (χ1v) is 5.40. The third-order valence-corrected chi connectivity index (χ3v) is 3.72. The highest BCUT2D eigenvalue weighted by atomic mass is 32.2. The summed E-state index contributed by atoms with van der Waals surface area (Å²) < 4.78 is 25.4. The van der Waals surface area contributed by atoms with E-state index in [9.17, 15) is 18.3 Å². The predicted octanol–water partition coefficient (Wildman–Crippen LogP) is -2.03. The summed E-state index contributed by atoms with van der Waals surface area (Å²) in [7, 11) is -2.41. The molecule has 1 aliphatic heterocycles. The third-order valence-electron chi connectivity index (χ3n) is 2.21. The molecule has 0 aromatic carbocycles. The van der Waals surface area contributed by atoms with Gasteiger partial charge in [0.2, 0.25) is 0 Å². The molecule has 0 bridgehead atoms. The molecule has 1 unspecified atom stereocenters. The Balaban J connectivity index is 2.81. The molecule has 0 saturated carbocycles. The van der Waals surface area contributed by atoms with Gasteiger partial charge >= 0.3 is 5.97 Å². The first kappa shape index (κ1) is 11.4. The van der Waals surface area contributed by atoms with Crippen molar-refractivity contribution in [1.82, 2.24) is 9.03 Å². The van der Waals surface area contributed by atoms with Crippen molar-refractivity contribution in [1.29, 1.82) is 0 Å². The molecule has 1 atom stereocenters. The molecule has 0 amide bonds. The van der Waals surface area contributed by atoms with Gasteiger partial charge in [0.15, 0.2) is 5.60 Å². The summed E-state index contributed by atoms with van der Waals surface area (Å²) in [6.07, 6.45) is -0.0940. The third kappa shape index (κ3) is 1.87. The minimum Gasteiger partial charge on any atom is -0.479 e. The summed E-state index contributed by atoms with van der Waals surface area (Å²) >= 11 is 0. The lowest BCUT2D eigenvalue weighted by atomic mass is 10.1. The monoisotopic (exact) mass is 224 g/mol. The molecular weight excluding hydrogens is 212 g/mol. The Morgan fingerprint density at radius 1 is 1.57 bits per heavy atom. The number of hydrogen-bond acceptors (Lipinski definition) is 4. The Kier molecular flexibility index (Phi) is 2.81. The van der Waals surface area contributed by atoms with Gasteiger partial charge in [-0.3, -0.25) is 0 Å². The molecule has 0 aliphatic carbocycles. The van der Waals surface area contributed by atoms with Gasteiger partial charge in [-0.15, -0.1) is 0 Å². The Bertz CT molecular complexity index is 340. The van der Waals surface area contributed by atoms with Crippen LogP contribution in [-0.4, -0.2) is 54.6 Å². The maximum Gasteiger partial charge on any atom is 0.337 e. The highest BCUT2D eigenvalue weighted by Crippen LogP contribution is 2.23. The number of hydrogen-bond donors (Lipinski definition) is 3. The van der Waals surface area contributed by atoms with Crippen molar-refractivity contribution < 1.29 is 23.4 Å². The van der Waals surface area contributed by atoms with Gasteiger partial charge < -0.3 is 10.2 Å².